The van der Waals surface area contributed by atoms with E-state index in [2.05, 4.69) is 18.8 Å². The number of benzene rings is 1. The van der Waals surface area contributed by atoms with Crippen molar-refractivity contribution in [3.05, 3.63) is 46.5 Å². The minimum atomic E-state index is -0.0108. The molecule has 16 heavy (non-hydrogen) atoms. The van der Waals surface area contributed by atoms with Crippen molar-refractivity contribution in [2.75, 3.05) is 13.6 Å². The molecule has 1 nitrogen and oxygen atoms in total. The standard InChI is InChI=1S/C13H17Cl2N/c1-4-13(2,9-16-3)8-10-6-5-7-11(14)12(10)15/h4-7,16H,1,8-9H2,2-3H3. The first kappa shape index (κ1) is 13.6. The lowest BCUT2D eigenvalue weighted by atomic mass is 9.83. The summed E-state index contributed by atoms with van der Waals surface area (Å²) >= 11 is 12.2. The van der Waals surface area contributed by atoms with Gasteiger partial charge in [-0.15, -0.1) is 6.58 Å². The minimum absolute atomic E-state index is 0.0108. The number of nitrogens with one attached hydrogen (secondary N) is 1. The highest BCUT2D eigenvalue weighted by Crippen LogP contribution is 2.31. The highest BCUT2D eigenvalue weighted by atomic mass is 35.5. The molecule has 0 aromatic heterocycles. The van der Waals surface area contributed by atoms with Gasteiger partial charge < -0.3 is 5.32 Å². The molecule has 0 saturated carbocycles. The first-order valence-corrected chi connectivity index (χ1v) is 5.99. The number of hydrogen-bond acceptors (Lipinski definition) is 1. The van der Waals surface area contributed by atoms with Gasteiger partial charge >= 0.3 is 0 Å². The lowest BCUT2D eigenvalue weighted by Gasteiger charge is -2.26. The molecule has 0 heterocycles. The van der Waals surface area contributed by atoms with Crippen molar-refractivity contribution < 1.29 is 0 Å². The Morgan fingerprint density at radius 3 is 2.69 bits per heavy atom. The maximum atomic E-state index is 6.17. The van der Waals surface area contributed by atoms with Crippen LogP contribution in [0.1, 0.15) is 12.5 Å². The molecule has 1 rings (SSSR count). The van der Waals surface area contributed by atoms with Crippen LogP contribution < -0.4 is 5.32 Å². The van der Waals surface area contributed by atoms with Crippen LogP contribution >= 0.6 is 23.2 Å². The third-order valence-electron chi connectivity index (χ3n) is 2.70. The molecule has 3 heteroatoms. The summed E-state index contributed by atoms with van der Waals surface area (Å²) in [5.41, 5.74) is 1.05. The van der Waals surface area contributed by atoms with E-state index in [0.717, 1.165) is 18.5 Å². The summed E-state index contributed by atoms with van der Waals surface area (Å²) in [7, 11) is 1.93. The van der Waals surface area contributed by atoms with Crippen molar-refractivity contribution in [1.29, 1.82) is 0 Å². The maximum Gasteiger partial charge on any atom is 0.0624 e. The number of halogens is 2. The average Bonchev–Trinajstić information content (AvgIpc) is 2.25. The Balaban J connectivity index is 2.94. The SMILES string of the molecule is C=CC(C)(CNC)Cc1cccc(Cl)c1Cl. The zero-order valence-corrected chi connectivity index (χ0v) is 11.2. The second-order valence-corrected chi connectivity index (χ2v) is 5.06. The fourth-order valence-corrected chi connectivity index (χ4v) is 2.12. The van der Waals surface area contributed by atoms with E-state index in [4.69, 9.17) is 23.2 Å². The largest absolute Gasteiger partial charge is 0.319 e. The summed E-state index contributed by atoms with van der Waals surface area (Å²) in [5, 5.41) is 4.42. The summed E-state index contributed by atoms with van der Waals surface area (Å²) in [5.74, 6) is 0. The Kier molecular flexibility index (Phi) is 4.85. The lowest BCUT2D eigenvalue weighted by molar-refractivity contribution is 0.406. The molecule has 1 atom stereocenters. The van der Waals surface area contributed by atoms with Gasteiger partial charge in [-0.05, 0) is 25.1 Å². The van der Waals surface area contributed by atoms with Gasteiger partial charge in [0.05, 0.1) is 10.0 Å². The summed E-state index contributed by atoms with van der Waals surface area (Å²) in [4.78, 5) is 0. The number of rotatable bonds is 5. The van der Waals surface area contributed by atoms with E-state index in [1.54, 1.807) is 6.07 Å². The molecule has 1 unspecified atom stereocenters. The van der Waals surface area contributed by atoms with E-state index in [1.807, 2.05) is 25.3 Å². The van der Waals surface area contributed by atoms with Crippen LogP contribution in [0.5, 0.6) is 0 Å². The van der Waals surface area contributed by atoms with Gasteiger partial charge in [0.25, 0.3) is 0 Å². The Hall–Kier alpha value is -0.500. The zero-order chi connectivity index (χ0) is 12.2. The van der Waals surface area contributed by atoms with Crippen LogP contribution in [0.4, 0.5) is 0 Å². The van der Waals surface area contributed by atoms with E-state index < -0.39 is 0 Å². The Morgan fingerprint density at radius 1 is 1.44 bits per heavy atom. The molecule has 1 aromatic carbocycles. The predicted molar refractivity (Wildman–Crippen MR) is 72.4 cm³/mol. The molecule has 0 bridgehead atoms. The van der Waals surface area contributed by atoms with E-state index in [0.29, 0.717) is 10.0 Å². The Morgan fingerprint density at radius 2 is 2.12 bits per heavy atom. The van der Waals surface area contributed by atoms with Crippen LogP contribution in [0.2, 0.25) is 10.0 Å². The zero-order valence-electron chi connectivity index (χ0n) is 9.69. The third kappa shape index (κ3) is 3.24. The van der Waals surface area contributed by atoms with Crippen molar-refractivity contribution in [2.24, 2.45) is 5.41 Å². The highest BCUT2D eigenvalue weighted by Gasteiger charge is 2.21. The van der Waals surface area contributed by atoms with Crippen molar-refractivity contribution in [3.8, 4) is 0 Å². The average molecular weight is 258 g/mol. The first-order valence-electron chi connectivity index (χ1n) is 5.23. The molecule has 0 aliphatic carbocycles. The molecule has 88 valence electrons. The van der Waals surface area contributed by atoms with Crippen molar-refractivity contribution in [3.63, 3.8) is 0 Å². The quantitative estimate of drug-likeness (QED) is 0.788. The fraction of sp³-hybridized carbons (Fsp3) is 0.385. The molecule has 0 aliphatic heterocycles. The maximum absolute atomic E-state index is 6.17. The molecule has 1 N–H and O–H groups in total. The Bertz CT molecular complexity index is 376. The van der Waals surface area contributed by atoms with Crippen LogP contribution in [0.15, 0.2) is 30.9 Å². The van der Waals surface area contributed by atoms with Crippen molar-refractivity contribution >= 4 is 23.2 Å². The van der Waals surface area contributed by atoms with Crippen molar-refractivity contribution in [1.82, 2.24) is 5.32 Å². The van der Waals surface area contributed by atoms with E-state index in [-0.39, 0.29) is 5.41 Å². The Labute approximate surface area is 107 Å². The van der Waals surface area contributed by atoms with Gasteiger partial charge in [0.2, 0.25) is 0 Å². The van der Waals surface area contributed by atoms with Crippen LogP contribution in [0.3, 0.4) is 0 Å². The monoisotopic (exact) mass is 257 g/mol. The molecule has 0 fully saturated rings. The third-order valence-corrected chi connectivity index (χ3v) is 3.56. The minimum Gasteiger partial charge on any atom is -0.319 e. The summed E-state index contributed by atoms with van der Waals surface area (Å²) in [6.45, 7) is 6.89. The normalized spacial score (nSPS) is 14.5. The summed E-state index contributed by atoms with van der Waals surface area (Å²) < 4.78 is 0. The topological polar surface area (TPSA) is 12.0 Å². The molecule has 1 aromatic rings. The second-order valence-electron chi connectivity index (χ2n) is 4.28. The molecule has 0 aliphatic rings. The molecule has 0 radical (unpaired) electrons. The fourth-order valence-electron chi connectivity index (χ4n) is 1.73. The summed E-state index contributed by atoms with van der Waals surface area (Å²) in [6, 6.07) is 5.73. The van der Waals surface area contributed by atoms with Gasteiger partial charge in [0.1, 0.15) is 0 Å². The lowest BCUT2D eigenvalue weighted by Crippen LogP contribution is -2.29. The summed E-state index contributed by atoms with van der Waals surface area (Å²) in [6.07, 6.45) is 2.79. The van der Waals surface area contributed by atoms with Gasteiger partial charge in [0, 0.05) is 12.0 Å². The van der Waals surface area contributed by atoms with Gasteiger partial charge in [-0.25, -0.2) is 0 Å². The number of hydrogen-bond donors (Lipinski definition) is 1. The van der Waals surface area contributed by atoms with E-state index in [1.165, 1.54) is 0 Å². The second kappa shape index (κ2) is 5.72. The highest BCUT2D eigenvalue weighted by molar-refractivity contribution is 6.42. The van der Waals surface area contributed by atoms with Crippen LogP contribution in [0.25, 0.3) is 0 Å². The van der Waals surface area contributed by atoms with Gasteiger partial charge in [-0.2, -0.15) is 0 Å². The van der Waals surface area contributed by atoms with E-state index >= 15 is 0 Å². The van der Waals surface area contributed by atoms with Crippen LogP contribution in [-0.2, 0) is 6.42 Å². The molecular formula is C13H17Cl2N. The predicted octanol–water partition coefficient (Wildman–Crippen LogP) is 3.95. The first-order chi connectivity index (χ1) is 7.52. The molecular weight excluding hydrogens is 241 g/mol. The van der Waals surface area contributed by atoms with Crippen LogP contribution in [0, 0.1) is 5.41 Å². The van der Waals surface area contributed by atoms with Crippen LogP contribution in [-0.4, -0.2) is 13.6 Å². The van der Waals surface area contributed by atoms with Gasteiger partial charge in [-0.1, -0.05) is 48.3 Å². The molecule has 0 amide bonds. The molecule has 0 spiro atoms. The van der Waals surface area contributed by atoms with Gasteiger partial charge in [-0.3, -0.25) is 0 Å². The van der Waals surface area contributed by atoms with E-state index in [9.17, 15) is 0 Å². The molecule has 0 saturated heterocycles. The van der Waals surface area contributed by atoms with Gasteiger partial charge in [0.15, 0.2) is 0 Å². The smallest absolute Gasteiger partial charge is 0.0624 e. The van der Waals surface area contributed by atoms with Crippen molar-refractivity contribution in [2.45, 2.75) is 13.3 Å².